The van der Waals surface area contributed by atoms with Crippen molar-refractivity contribution in [3.8, 4) is 0 Å². The molecule has 0 unspecified atom stereocenters. The Kier molecular flexibility index (Phi) is 3.04. The van der Waals surface area contributed by atoms with Gasteiger partial charge in [0.1, 0.15) is 6.17 Å². The Morgan fingerprint density at radius 3 is 2.93 bits per heavy atom. The molecule has 0 spiro atoms. The van der Waals surface area contributed by atoms with Crippen LogP contribution in [0.15, 0.2) is 0 Å². The lowest BCUT2D eigenvalue weighted by Crippen LogP contribution is -2.45. The van der Waals surface area contributed by atoms with Gasteiger partial charge in [0, 0.05) is 24.5 Å². The Labute approximate surface area is 91.8 Å². The van der Waals surface area contributed by atoms with Gasteiger partial charge in [0.15, 0.2) is 0 Å². The predicted molar refractivity (Wildman–Crippen MR) is 58.7 cm³/mol. The number of hydrogen-bond donors (Lipinski definition) is 0. The van der Waals surface area contributed by atoms with Gasteiger partial charge in [-0.3, -0.25) is 4.90 Å². The van der Waals surface area contributed by atoms with E-state index >= 15 is 0 Å². The van der Waals surface area contributed by atoms with Crippen molar-refractivity contribution in [2.45, 2.75) is 63.9 Å². The number of nitrogens with zero attached hydrogens (tertiary/aromatic N) is 1. The summed E-state index contributed by atoms with van der Waals surface area (Å²) < 4.78 is 19.2. The molecule has 3 atom stereocenters. The second-order valence-corrected chi connectivity index (χ2v) is 5.43. The monoisotopic (exact) mass is 215 g/mol. The number of ether oxygens (including phenoxy) is 1. The summed E-state index contributed by atoms with van der Waals surface area (Å²) in [5.74, 6) is 0. The Bertz CT molecular complexity index is 234. The molecule has 0 amide bonds. The van der Waals surface area contributed by atoms with E-state index in [1.54, 1.807) is 0 Å². The Balaban J connectivity index is 2.04. The van der Waals surface area contributed by atoms with Crippen molar-refractivity contribution in [1.29, 1.82) is 0 Å². The molecule has 2 aliphatic rings. The summed E-state index contributed by atoms with van der Waals surface area (Å²) in [6.07, 6.45) is 2.55. The van der Waals surface area contributed by atoms with Crippen LogP contribution in [-0.4, -0.2) is 41.9 Å². The standard InChI is InChI=1S/C12H22FNO/c1-9(2)15-8-12-5-4-10(3)14(12)7-11(13)6-12/h9-11H,4-8H2,1-3H3/t10-,11-,12-/m0/s1. The molecule has 0 aliphatic carbocycles. The van der Waals surface area contributed by atoms with Gasteiger partial charge in [0.05, 0.1) is 12.7 Å². The molecule has 2 aliphatic heterocycles. The summed E-state index contributed by atoms with van der Waals surface area (Å²) >= 11 is 0. The number of hydrogen-bond acceptors (Lipinski definition) is 2. The number of fused-ring (bicyclic) bond motifs is 1. The molecule has 2 heterocycles. The van der Waals surface area contributed by atoms with Crippen LogP contribution in [0.3, 0.4) is 0 Å². The Hall–Kier alpha value is -0.150. The zero-order valence-corrected chi connectivity index (χ0v) is 10.0. The normalized spacial score (nSPS) is 41.4. The molecule has 0 saturated carbocycles. The minimum atomic E-state index is -0.650. The first-order valence-electron chi connectivity index (χ1n) is 6.06. The van der Waals surface area contributed by atoms with E-state index in [0.717, 1.165) is 6.42 Å². The van der Waals surface area contributed by atoms with E-state index in [4.69, 9.17) is 4.74 Å². The summed E-state index contributed by atoms with van der Waals surface area (Å²) in [5.41, 5.74) is 0.0170. The Morgan fingerprint density at radius 2 is 2.27 bits per heavy atom. The lowest BCUT2D eigenvalue weighted by atomic mass is 9.94. The highest BCUT2D eigenvalue weighted by Crippen LogP contribution is 2.43. The van der Waals surface area contributed by atoms with Gasteiger partial charge in [-0.15, -0.1) is 0 Å². The third kappa shape index (κ3) is 2.04. The second kappa shape index (κ2) is 4.02. The van der Waals surface area contributed by atoms with Gasteiger partial charge in [-0.2, -0.15) is 0 Å². The topological polar surface area (TPSA) is 12.5 Å². The van der Waals surface area contributed by atoms with Crippen LogP contribution in [0.2, 0.25) is 0 Å². The fraction of sp³-hybridized carbons (Fsp3) is 1.00. The maximum Gasteiger partial charge on any atom is 0.115 e. The van der Waals surface area contributed by atoms with E-state index < -0.39 is 6.17 Å². The zero-order chi connectivity index (χ0) is 11.1. The third-order valence-electron chi connectivity index (χ3n) is 3.85. The molecular formula is C12H22FNO. The van der Waals surface area contributed by atoms with Crippen molar-refractivity contribution < 1.29 is 9.13 Å². The SMILES string of the molecule is CC(C)OC[C@@]12CC[C@H](C)N1C[C@@H](F)C2. The molecule has 2 saturated heterocycles. The van der Waals surface area contributed by atoms with E-state index in [-0.39, 0.29) is 11.6 Å². The maximum absolute atomic E-state index is 13.5. The van der Waals surface area contributed by atoms with E-state index in [9.17, 15) is 4.39 Å². The highest BCUT2D eigenvalue weighted by Gasteiger charge is 2.51. The van der Waals surface area contributed by atoms with Crippen molar-refractivity contribution in [1.82, 2.24) is 4.90 Å². The van der Waals surface area contributed by atoms with Crippen LogP contribution < -0.4 is 0 Å². The van der Waals surface area contributed by atoms with E-state index in [2.05, 4.69) is 11.8 Å². The molecule has 15 heavy (non-hydrogen) atoms. The lowest BCUT2D eigenvalue weighted by Gasteiger charge is -2.34. The van der Waals surface area contributed by atoms with Crippen LogP contribution in [0.5, 0.6) is 0 Å². The maximum atomic E-state index is 13.5. The van der Waals surface area contributed by atoms with Crippen LogP contribution >= 0.6 is 0 Å². The number of halogens is 1. The van der Waals surface area contributed by atoms with Crippen molar-refractivity contribution in [2.24, 2.45) is 0 Å². The first-order chi connectivity index (χ1) is 7.03. The molecule has 2 fully saturated rings. The van der Waals surface area contributed by atoms with Gasteiger partial charge >= 0.3 is 0 Å². The largest absolute Gasteiger partial charge is 0.377 e. The van der Waals surface area contributed by atoms with Crippen molar-refractivity contribution in [3.63, 3.8) is 0 Å². The molecule has 2 nitrogen and oxygen atoms in total. The first kappa shape index (κ1) is 11.3. The van der Waals surface area contributed by atoms with E-state index in [0.29, 0.717) is 25.6 Å². The molecule has 0 radical (unpaired) electrons. The van der Waals surface area contributed by atoms with Gasteiger partial charge in [0.25, 0.3) is 0 Å². The average molecular weight is 215 g/mol. The third-order valence-corrected chi connectivity index (χ3v) is 3.85. The van der Waals surface area contributed by atoms with Crippen LogP contribution in [0.1, 0.15) is 40.0 Å². The van der Waals surface area contributed by atoms with Crippen LogP contribution in [0.25, 0.3) is 0 Å². The Morgan fingerprint density at radius 1 is 1.53 bits per heavy atom. The van der Waals surface area contributed by atoms with Gasteiger partial charge in [-0.25, -0.2) is 4.39 Å². The molecule has 3 heteroatoms. The van der Waals surface area contributed by atoms with Gasteiger partial charge in [0.2, 0.25) is 0 Å². The molecule has 0 aromatic carbocycles. The number of alkyl halides is 1. The zero-order valence-electron chi connectivity index (χ0n) is 10.0. The van der Waals surface area contributed by atoms with Gasteiger partial charge in [-0.05, 0) is 33.6 Å². The fourth-order valence-electron chi connectivity index (χ4n) is 3.06. The smallest absolute Gasteiger partial charge is 0.115 e. The quantitative estimate of drug-likeness (QED) is 0.716. The van der Waals surface area contributed by atoms with Crippen LogP contribution in [-0.2, 0) is 4.74 Å². The van der Waals surface area contributed by atoms with Crippen molar-refractivity contribution >= 4 is 0 Å². The molecule has 0 aromatic rings. The first-order valence-corrected chi connectivity index (χ1v) is 6.06. The lowest BCUT2D eigenvalue weighted by molar-refractivity contribution is -0.00371. The summed E-state index contributed by atoms with van der Waals surface area (Å²) in [5, 5.41) is 0. The molecule has 2 rings (SSSR count). The molecule has 88 valence electrons. The molecular weight excluding hydrogens is 193 g/mol. The molecule has 0 bridgehead atoms. The van der Waals surface area contributed by atoms with Crippen molar-refractivity contribution in [3.05, 3.63) is 0 Å². The van der Waals surface area contributed by atoms with E-state index in [1.807, 2.05) is 13.8 Å². The van der Waals surface area contributed by atoms with Gasteiger partial charge in [-0.1, -0.05) is 0 Å². The second-order valence-electron chi connectivity index (χ2n) is 5.43. The van der Waals surface area contributed by atoms with Crippen LogP contribution in [0, 0.1) is 0 Å². The summed E-state index contributed by atoms with van der Waals surface area (Å²) in [7, 11) is 0. The molecule has 0 aromatic heterocycles. The summed E-state index contributed by atoms with van der Waals surface area (Å²) in [6, 6.07) is 0.529. The van der Waals surface area contributed by atoms with Crippen LogP contribution in [0.4, 0.5) is 4.39 Å². The summed E-state index contributed by atoms with van der Waals surface area (Å²) in [6.45, 7) is 7.61. The highest BCUT2D eigenvalue weighted by atomic mass is 19.1. The minimum absolute atomic E-state index is 0.0170. The fourth-order valence-corrected chi connectivity index (χ4v) is 3.06. The van der Waals surface area contributed by atoms with Crippen molar-refractivity contribution in [2.75, 3.05) is 13.2 Å². The summed E-state index contributed by atoms with van der Waals surface area (Å²) in [4.78, 5) is 2.33. The predicted octanol–water partition coefficient (Wildman–Crippen LogP) is 2.38. The molecule has 0 N–H and O–H groups in total. The van der Waals surface area contributed by atoms with Gasteiger partial charge < -0.3 is 4.74 Å². The minimum Gasteiger partial charge on any atom is -0.377 e. The average Bonchev–Trinajstić information content (AvgIpc) is 2.62. The highest BCUT2D eigenvalue weighted by molar-refractivity contribution is 5.06. The van der Waals surface area contributed by atoms with E-state index in [1.165, 1.54) is 6.42 Å². The number of rotatable bonds is 3.